The van der Waals surface area contributed by atoms with Gasteiger partial charge in [-0.1, -0.05) is 0 Å². The molecule has 0 saturated carbocycles. The lowest BCUT2D eigenvalue weighted by Gasteiger charge is -2.35. The number of nitriles is 1. The molecule has 0 unspecified atom stereocenters. The van der Waals surface area contributed by atoms with Gasteiger partial charge in [-0.15, -0.1) is 0 Å². The number of ether oxygens (including phenoxy) is 1. The van der Waals surface area contributed by atoms with Crippen molar-refractivity contribution in [1.29, 1.82) is 5.26 Å². The average molecular weight is 355 g/mol. The normalized spacial score (nSPS) is 18.0. The summed E-state index contributed by atoms with van der Waals surface area (Å²) in [4.78, 5) is 18.9. The Kier molecular flexibility index (Phi) is 4.61. The van der Waals surface area contributed by atoms with Gasteiger partial charge >= 0.3 is 6.09 Å². The van der Waals surface area contributed by atoms with Crippen LogP contribution >= 0.6 is 0 Å². The van der Waals surface area contributed by atoms with Crippen molar-refractivity contribution in [2.75, 3.05) is 6.54 Å². The van der Waals surface area contributed by atoms with Crippen LogP contribution in [0.1, 0.15) is 68.7 Å². The number of hydrogen-bond donors (Lipinski definition) is 0. The number of hydrogen-bond acceptors (Lipinski definition) is 5. The van der Waals surface area contributed by atoms with Crippen LogP contribution in [0.25, 0.3) is 5.65 Å². The zero-order valence-electron chi connectivity index (χ0n) is 16.0. The van der Waals surface area contributed by atoms with Gasteiger partial charge in [0, 0.05) is 23.9 Å². The standard InChI is InChI=1S/C19H25N5O2/c1-12-13(2)21-17-10-14(22-24(17)16(12)11-20)15-8-6-7-9-23(15)18(25)26-19(3,4)5/h10,15H,6-9H2,1-5H3/t15-/m0/s1. The average Bonchev–Trinajstić information content (AvgIpc) is 2.97. The third-order valence-corrected chi connectivity index (χ3v) is 4.68. The van der Waals surface area contributed by atoms with Crippen LogP contribution in [0, 0.1) is 25.2 Å². The van der Waals surface area contributed by atoms with E-state index in [0.717, 1.165) is 36.2 Å². The second kappa shape index (κ2) is 6.60. The number of aromatic nitrogens is 3. The summed E-state index contributed by atoms with van der Waals surface area (Å²) >= 11 is 0. The van der Waals surface area contributed by atoms with Crippen LogP contribution in [0.3, 0.4) is 0 Å². The van der Waals surface area contributed by atoms with Crippen LogP contribution in [0.15, 0.2) is 6.07 Å². The smallest absolute Gasteiger partial charge is 0.410 e. The number of fused-ring (bicyclic) bond motifs is 1. The number of piperidine rings is 1. The summed E-state index contributed by atoms with van der Waals surface area (Å²) in [7, 11) is 0. The van der Waals surface area contributed by atoms with Crippen LogP contribution in [-0.2, 0) is 4.74 Å². The quantitative estimate of drug-likeness (QED) is 0.779. The van der Waals surface area contributed by atoms with E-state index in [0.29, 0.717) is 17.9 Å². The van der Waals surface area contributed by atoms with Gasteiger partial charge in [0.05, 0.1) is 11.7 Å². The Morgan fingerprint density at radius 2 is 2.08 bits per heavy atom. The molecule has 1 fully saturated rings. The van der Waals surface area contributed by atoms with Gasteiger partial charge in [-0.05, 0) is 53.9 Å². The Morgan fingerprint density at radius 1 is 1.35 bits per heavy atom. The molecule has 0 aromatic carbocycles. The fraction of sp³-hybridized carbons (Fsp3) is 0.579. The summed E-state index contributed by atoms with van der Waals surface area (Å²) in [6.45, 7) is 9.99. The number of carbonyl (C=O) groups excluding carboxylic acids is 1. The Morgan fingerprint density at radius 3 is 2.73 bits per heavy atom. The largest absolute Gasteiger partial charge is 0.444 e. The number of aryl methyl sites for hydroxylation is 1. The topological polar surface area (TPSA) is 83.5 Å². The zero-order valence-corrected chi connectivity index (χ0v) is 16.0. The van der Waals surface area contributed by atoms with Crippen molar-refractivity contribution in [3.63, 3.8) is 0 Å². The molecule has 2 aromatic heterocycles. The van der Waals surface area contributed by atoms with Gasteiger partial charge < -0.3 is 4.74 Å². The summed E-state index contributed by atoms with van der Waals surface area (Å²) < 4.78 is 7.15. The Balaban J connectivity index is 2.01. The van der Waals surface area contributed by atoms with Gasteiger partial charge in [0.2, 0.25) is 0 Å². The van der Waals surface area contributed by atoms with E-state index in [4.69, 9.17) is 4.74 Å². The fourth-order valence-corrected chi connectivity index (χ4v) is 3.29. The first kappa shape index (κ1) is 18.2. The number of rotatable bonds is 1. The molecule has 0 N–H and O–H groups in total. The Hall–Kier alpha value is -2.62. The highest BCUT2D eigenvalue weighted by Crippen LogP contribution is 2.32. The van der Waals surface area contributed by atoms with E-state index in [1.165, 1.54) is 0 Å². The predicted octanol–water partition coefficient (Wildman–Crippen LogP) is 3.68. The Labute approximate surface area is 153 Å². The molecular weight excluding hydrogens is 330 g/mol. The first-order valence-electron chi connectivity index (χ1n) is 8.98. The van der Waals surface area contributed by atoms with Crippen molar-refractivity contribution in [3.8, 4) is 6.07 Å². The summed E-state index contributed by atoms with van der Waals surface area (Å²) in [6.07, 6.45) is 2.47. The van der Waals surface area contributed by atoms with Crippen molar-refractivity contribution in [2.24, 2.45) is 0 Å². The lowest BCUT2D eigenvalue weighted by atomic mass is 10.00. The second-order valence-electron chi connectivity index (χ2n) is 7.81. The van der Waals surface area contributed by atoms with E-state index in [-0.39, 0.29) is 12.1 Å². The zero-order chi connectivity index (χ0) is 19.1. The molecule has 1 aliphatic heterocycles. The van der Waals surface area contributed by atoms with E-state index in [1.807, 2.05) is 40.7 Å². The van der Waals surface area contributed by atoms with Crippen molar-refractivity contribution in [1.82, 2.24) is 19.5 Å². The monoisotopic (exact) mass is 355 g/mol. The van der Waals surface area contributed by atoms with Gasteiger partial charge in [-0.2, -0.15) is 10.4 Å². The molecule has 26 heavy (non-hydrogen) atoms. The first-order valence-corrected chi connectivity index (χ1v) is 8.98. The van der Waals surface area contributed by atoms with Gasteiger partial charge in [-0.25, -0.2) is 14.3 Å². The van der Waals surface area contributed by atoms with Gasteiger partial charge in [-0.3, -0.25) is 4.90 Å². The van der Waals surface area contributed by atoms with Gasteiger partial charge in [0.1, 0.15) is 17.4 Å². The van der Waals surface area contributed by atoms with Crippen molar-refractivity contribution in [2.45, 2.75) is 65.5 Å². The number of likely N-dealkylation sites (tertiary alicyclic amines) is 1. The summed E-state index contributed by atoms with van der Waals surface area (Å²) in [5, 5.41) is 14.1. The predicted molar refractivity (Wildman–Crippen MR) is 96.7 cm³/mol. The molecule has 0 aliphatic carbocycles. The lowest BCUT2D eigenvalue weighted by Crippen LogP contribution is -2.42. The minimum absolute atomic E-state index is 0.160. The molecule has 0 spiro atoms. The molecule has 1 saturated heterocycles. The minimum atomic E-state index is -0.540. The second-order valence-corrected chi connectivity index (χ2v) is 7.81. The van der Waals surface area contributed by atoms with E-state index < -0.39 is 5.60 Å². The van der Waals surface area contributed by atoms with E-state index >= 15 is 0 Å². The van der Waals surface area contributed by atoms with E-state index in [2.05, 4.69) is 16.2 Å². The molecule has 2 aromatic rings. The summed E-state index contributed by atoms with van der Waals surface area (Å²) in [5.41, 5.74) is 2.97. The lowest BCUT2D eigenvalue weighted by molar-refractivity contribution is 0.00897. The highest BCUT2D eigenvalue weighted by atomic mass is 16.6. The highest BCUT2D eigenvalue weighted by Gasteiger charge is 2.33. The maximum absolute atomic E-state index is 12.6. The summed E-state index contributed by atoms with van der Waals surface area (Å²) in [6, 6.07) is 3.93. The Bertz CT molecular complexity index is 888. The maximum atomic E-state index is 12.6. The van der Waals surface area contributed by atoms with Crippen molar-refractivity contribution >= 4 is 11.7 Å². The minimum Gasteiger partial charge on any atom is -0.444 e. The molecule has 138 valence electrons. The molecule has 1 amide bonds. The third-order valence-electron chi connectivity index (χ3n) is 4.68. The summed E-state index contributed by atoms with van der Waals surface area (Å²) in [5.74, 6) is 0. The molecular formula is C19H25N5O2. The maximum Gasteiger partial charge on any atom is 0.410 e. The van der Waals surface area contributed by atoms with E-state index in [1.54, 1.807) is 9.42 Å². The SMILES string of the molecule is Cc1nc2cc([C@@H]3CCCCN3C(=O)OC(C)(C)C)nn2c(C#N)c1C. The molecule has 1 aliphatic rings. The highest BCUT2D eigenvalue weighted by molar-refractivity contribution is 5.69. The molecule has 7 heteroatoms. The molecule has 0 bridgehead atoms. The fourth-order valence-electron chi connectivity index (χ4n) is 3.29. The van der Waals surface area contributed by atoms with Gasteiger partial charge in [0.15, 0.2) is 5.65 Å². The molecule has 3 rings (SSSR count). The van der Waals surface area contributed by atoms with Crippen LogP contribution in [0.2, 0.25) is 0 Å². The van der Waals surface area contributed by atoms with E-state index in [9.17, 15) is 10.1 Å². The molecule has 1 atom stereocenters. The van der Waals surface area contributed by atoms with Crippen molar-refractivity contribution in [3.05, 3.63) is 28.7 Å². The number of nitrogens with zero attached hydrogens (tertiary/aromatic N) is 5. The van der Waals surface area contributed by atoms with Crippen LogP contribution < -0.4 is 0 Å². The first-order chi connectivity index (χ1) is 12.2. The van der Waals surface area contributed by atoms with Crippen molar-refractivity contribution < 1.29 is 9.53 Å². The van der Waals surface area contributed by atoms with Crippen LogP contribution in [0.4, 0.5) is 4.79 Å². The van der Waals surface area contributed by atoms with Crippen LogP contribution in [0.5, 0.6) is 0 Å². The number of amides is 1. The molecule has 3 heterocycles. The van der Waals surface area contributed by atoms with Crippen LogP contribution in [-0.4, -0.2) is 37.7 Å². The molecule has 7 nitrogen and oxygen atoms in total. The van der Waals surface area contributed by atoms with Gasteiger partial charge in [0.25, 0.3) is 0 Å². The third kappa shape index (κ3) is 3.36. The molecule has 0 radical (unpaired) electrons. The number of carbonyl (C=O) groups is 1.